The van der Waals surface area contributed by atoms with Crippen LogP contribution < -0.4 is 14.8 Å². The summed E-state index contributed by atoms with van der Waals surface area (Å²) in [5.74, 6) is -0.765. The van der Waals surface area contributed by atoms with Gasteiger partial charge in [0.1, 0.15) is 11.5 Å². The van der Waals surface area contributed by atoms with Gasteiger partial charge in [0, 0.05) is 22.8 Å². The molecule has 1 unspecified atom stereocenters. The lowest BCUT2D eigenvalue weighted by atomic mass is 10.0. The van der Waals surface area contributed by atoms with E-state index in [2.05, 4.69) is 10.2 Å². The molecule has 3 aromatic carbocycles. The van der Waals surface area contributed by atoms with Gasteiger partial charge in [-0.2, -0.15) is 4.39 Å². The van der Waals surface area contributed by atoms with Crippen molar-refractivity contribution in [3.8, 4) is 11.5 Å². The molecule has 37 heavy (non-hydrogen) atoms. The molecule has 1 fully saturated rings. The Morgan fingerprint density at radius 1 is 1.05 bits per heavy atom. The third-order valence-corrected chi connectivity index (χ3v) is 6.44. The quantitative estimate of drug-likeness (QED) is 0.244. The van der Waals surface area contributed by atoms with E-state index in [1.54, 1.807) is 55.5 Å². The topological polar surface area (TPSA) is 67.9 Å². The zero-order valence-corrected chi connectivity index (χ0v) is 21.5. The van der Waals surface area contributed by atoms with Gasteiger partial charge >= 0.3 is 6.36 Å². The van der Waals surface area contributed by atoms with Gasteiger partial charge < -0.3 is 19.7 Å². The third kappa shape index (κ3) is 7.31. The van der Waals surface area contributed by atoms with Crippen molar-refractivity contribution in [3.05, 3.63) is 88.4 Å². The summed E-state index contributed by atoms with van der Waals surface area (Å²) in [6, 6.07) is 17.9. The number of likely N-dealkylation sites (tertiary alicyclic amines) is 1. The van der Waals surface area contributed by atoms with Gasteiger partial charge in [0.05, 0.1) is 12.2 Å². The predicted molar refractivity (Wildman–Crippen MR) is 142 cm³/mol. The van der Waals surface area contributed by atoms with Crippen molar-refractivity contribution < 1.29 is 23.5 Å². The van der Waals surface area contributed by atoms with Gasteiger partial charge in [0.15, 0.2) is 5.78 Å². The predicted octanol–water partition coefficient (Wildman–Crippen LogP) is 6.06. The van der Waals surface area contributed by atoms with Crippen molar-refractivity contribution in [2.45, 2.75) is 32.5 Å². The minimum Gasteiger partial charge on any atom is -0.494 e. The van der Waals surface area contributed by atoms with Crippen LogP contribution in [0.3, 0.4) is 0 Å². The molecule has 1 amide bonds. The average Bonchev–Trinajstić information content (AvgIpc) is 3.43. The van der Waals surface area contributed by atoms with Gasteiger partial charge in [0.2, 0.25) is 0 Å². The molecule has 1 aliphatic rings. The van der Waals surface area contributed by atoms with E-state index in [9.17, 15) is 14.0 Å². The van der Waals surface area contributed by atoms with Crippen molar-refractivity contribution in [1.29, 1.82) is 0 Å². The first-order valence-electron chi connectivity index (χ1n) is 12.4. The number of ether oxygens (including phenoxy) is 2. The Balaban J connectivity index is 1.34. The number of nitrogens with one attached hydrogen (secondary N) is 1. The normalized spacial score (nSPS) is 14.2. The molecule has 8 heteroatoms. The van der Waals surface area contributed by atoms with E-state index < -0.39 is 18.0 Å². The van der Waals surface area contributed by atoms with Crippen LogP contribution in [0, 0.1) is 6.92 Å². The van der Waals surface area contributed by atoms with Crippen molar-refractivity contribution in [3.63, 3.8) is 0 Å². The lowest BCUT2D eigenvalue weighted by Crippen LogP contribution is -2.29. The Labute approximate surface area is 221 Å². The first-order valence-corrected chi connectivity index (χ1v) is 12.8. The summed E-state index contributed by atoms with van der Waals surface area (Å²) in [6.45, 7) is 5.76. The Hall–Kier alpha value is -3.42. The number of ketones is 1. The fourth-order valence-corrected chi connectivity index (χ4v) is 4.40. The van der Waals surface area contributed by atoms with Gasteiger partial charge in [-0.3, -0.25) is 9.59 Å². The second-order valence-corrected chi connectivity index (χ2v) is 9.42. The molecule has 6 nitrogen and oxygen atoms in total. The Bertz CT molecular complexity index is 1230. The molecule has 3 aromatic rings. The molecule has 1 N–H and O–H groups in total. The molecule has 0 radical (unpaired) electrons. The molecule has 1 atom stereocenters. The van der Waals surface area contributed by atoms with Crippen molar-refractivity contribution in [2.75, 3.05) is 31.6 Å². The second kappa shape index (κ2) is 12.7. The number of nitrogens with zero attached hydrogens (tertiary/aromatic N) is 1. The zero-order chi connectivity index (χ0) is 26.2. The highest BCUT2D eigenvalue weighted by Gasteiger charge is 2.24. The van der Waals surface area contributed by atoms with E-state index in [4.69, 9.17) is 21.1 Å². The number of hydrogen-bond acceptors (Lipinski definition) is 5. The number of amides is 1. The Morgan fingerprint density at radius 2 is 1.81 bits per heavy atom. The lowest BCUT2D eigenvalue weighted by Gasteiger charge is -2.16. The number of carbonyl (C=O) groups is 2. The molecule has 0 saturated carbocycles. The SMILES string of the molecule is Cc1cc(OCCCN2CCCC2)ccc1NC(=O)C(F)Oc1ccc(Cl)cc1C(=O)c1ccccc1. The molecule has 4 rings (SSSR count). The van der Waals surface area contributed by atoms with E-state index >= 15 is 0 Å². The van der Waals surface area contributed by atoms with Gasteiger partial charge in [0.25, 0.3) is 5.91 Å². The van der Waals surface area contributed by atoms with Crippen molar-refractivity contribution >= 4 is 29.0 Å². The number of halogens is 2. The van der Waals surface area contributed by atoms with Gasteiger partial charge in [-0.15, -0.1) is 0 Å². The Kier molecular flexibility index (Phi) is 9.14. The zero-order valence-electron chi connectivity index (χ0n) is 20.7. The van der Waals surface area contributed by atoms with Gasteiger partial charge in [-0.25, -0.2) is 0 Å². The summed E-state index contributed by atoms with van der Waals surface area (Å²) in [5, 5.41) is 2.83. The molecule has 1 aliphatic heterocycles. The standard InChI is InChI=1S/C29H30ClFN2O4/c1-20-18-23(36-17-7-16-33-14-5-6-15-33)11-12-25(20)32-29(35)28(31)37-26-13-10-22(30)19-24(26)27(34)21-8-3-2-4-9-21/h2-4,8-13,18-19,28H,5-7,14-17H2,1H3,(H,32,35). The second-order valence-electron chi connectivity index (χ2n) is 8.99. The summed E-state index contributed by atoms with van der Waals surface area (Å²) in [6.07, 6.45) is 1.14. The average molecular weight is 525 g/mol. The maximum atomic E-state index is 14.9. The van der Waals surface area contributed by atoms with Crippen LogP contribution >= 0.6 is 11.6 Å². The molecule has 1 saturated heterocycles. The molecule has 194 valence electrons. The minimum atomic E-state index is -2.34. The molecular formula is C29H30ClFN2O4. The number of anilines is 1. The Morgan fingerprint density at radius 3 is 2.54 bits per heavy atom. The van der Waals surface area contributed by atoms with E-state index in [0.717, 1.165) is 31.6 Å². The summed E-state index contributed by atoms with van der Waals surface area (Å²) in [5.41, 5.74) is 1.63. The monoisotopic (exact) mass is 524 g/mol. The summed E-state index contributed by atoms with van der Waals surface area (Å²) in [4.78, 5) is 27.9. The van der Waals surface area contributed by atoms with E-state index in [0.29, 0.717) is 28.6 Å². The highest BCUT2D eigenvalue weighted by molar-refractivity contribution is 6.31. The molecule has 0 aromatic heterocycles. The number of alkyl halides is 1. The molecule has 0 bridgehead atoms. The first kappa shape index (κ1) is 26.6. The smallest absolute Gasteiger partial charge is 0.317 e. The number of benzene rings is 3. The lowest BCUT2D eigenvalue weighted by molar-refractivity contribution is -0.129. The van der Waals surface area contributed by atoms with Crippen LogP contribution in [0.1, 0.15) is 40.7 Å². The van der Waals surface area contributed by atoms with Crippen LogP contribution in [0.15, 0.2) is 66.7 Å². The van der Waals surface area contributed by atoms with E-state index in [-0.39, 0.29) is 11.3 Å². The van der Waals surface area contributed by atoms with Crippen molar-refractivity contribution in [2.24, 2.45) is 0 Å². The fourth-order valence-electron chi connectivity index (χ4n) is 4.23. The summed E-state index contributed by atoms with van der Waals surface area (Å²) >= 11 is 6.06. The fraction of sp³-hybridized carbons (Fsp3) is 0.310. The van der Waals surface area contributed by atoms with Crippen LogP contribution in [0.5, 0.6) is 11.5 Å². The molecule has 1 heterocycles. The third-order valence-electron chi connectivity index (χ3n) is 6.20. The first-order chi connectivity index (χ1) is 17.9. The van der Waals surface area contributed by atoms with Crippen LogP contribution in [0.4, 0.5) is 10.1 Å². The van der Waals surface area contributed by atoms with Gasteiger partial charge in [-0.05, 0) is 81.2 Å². The highest BCUT2D eigenvalue weighted by atomic mass is 35.5. The van der Waals surface area contributed by atoms with Crippen LogP contribution in [0.2, 0.25) is 5.02 Å². The van der Waals surface area contributed by atoms with Crippen LogP contribution in [-0.4, -0.2) is 49.2 Å². The minimum absolute atomic E-state index is 0.0663. The van der Waals surface area contributed by atoms with Crippen LogP contribution in [-0.2, 0) is 4.79 Å². The largest absolute Gasteiger partial charge is 0.494 e. The number of rotatable bonds is 11. The summed E-state index contributed by atoms with van der Waals surface area (Å²) < 4.78 is 25.9. The number of aryl methyl sites for hydroxylation is 1. The van der Waals surface area contributed by atoms with Crippen molar-refractivity contribution in [1.82, 2.24) is 4.90 Å². The van der Waals surface area contributed by atoms with E-state index in [1.807, 2.05) is 0 Å². The molecule has 0 spiro atoms. The molecular weight excluding hydrogens is 495 g/mol. The van der Waals surface area contributed by atoms with Crippen LogP contribution in [0.25, 0.3) is 0 Å². The maximum Gasteiger partial charge on any atom is 0.317 e. The maximum absolute atomic E-state index is 14.9. The van der Waals surface area contributed by atoms with E-state index in [1.165, 1.54) is 31.0 Å². The highest BCUT2D eigenvalue weighted by Crippen LogP contribution is 2.28. The number of carbonyl (C=O) groups excluding carboxylic acids is 2. The summed E-state index contributed by atoms with van der Waals surface area (Å²) in [7, 11) is 0. The number of hydrogen-bond donors (Lipinski definition) is 1. The molecule has 0 aliphatic carbocycles. The van der Waals surface area contributed by atoms with Gasteiger partial charge in [-0.1, -0.05) is 41.9 Å².